The molecule has 0 bridgehead atoms. The zero-order valence-electron chi connectivity index (χ0n) is 8.24. The van der Waals surface area contributed by atoms with Crippen LogP contribution in [0.1, 0.15) is 26.2 Å². The van der Waals surface area contributed by atoms with Crippen molar-refractivity contribution < 1.29 is 5.11 Å². The van der Waals surface area contributed by atoms with Crippen molar-refractivity contribution in [1.82, 2.24) is 4.90 Å². The summed E-state index contributed by atoms with van der Waals surface area (Å²) in [6.07, 6.45) is 2.97. The van der Waals surface area contributed by atoms with Gasteiger partial charge >= 0.3 is 0 Å². The summed E-state index contributed by atoms with van der Waals surface area (Å²) >= 11 is 0. The molecular weight excluding hydrogens is 164 g/mol. The Kier molecular flexibility index (Phi) is 4.20. The van der Waals surface area contributed by atoms with Crippen molar-refractivity contribution in [2.75, 3.05) is 19.7 Å². The topological polar surface area (TPSA) is 47.3 Å². The third kappa shape index (κ3) is 2.68. The molecule has 0 spiro atoms. The van der Waals surface area contributed by atoms with Crippen molar-refractivity contribution >= 4 is 0 Å². The quantitative estimate of drug-likeness (QED) is 0.708. The summed E-state index contributed by atoms with van der Waals surface area (Å²) in [6, 6.07) is 2.43. The fourth-order valence-electron chi connectivity index (χ4n) is 2.10. The molecule has 1 heterocycles. The van der Waals surface area contributed by atoms with E-state index in [0.29, 0.717) is 12.3 Å². The van der Waals surface area contributed by atoms with Crippen LogP contribution in [0.4, 0.5) is 0 Å². The third-order valence-corrected chi connectivity index (χ3v) is 2.93. The Bertz CT molecular complexity index is 188. The second-order valence-electron chi connectivity index (χ2n) is 3.81. The lowest BCUT2D eigenvalue weighted by Gasteiger charge is -2.38. The Labute approximate surface area is 80.0 Å². The van der Waals surface area contributed by atoms with Gasteiger partial charge in [0.1, 0.15) is 0 Å². The smallest absolute Gasteiger partial charge is 0.0635 e. The maximum Gasteiger partial charge on any atom is 0.0635 e. The Balaban J connectivity index is 2.45. The predicted octanol–water partition coefficient (Wildman–Crippen LogP) is 0.993. The molecule has 0 unspecified atom stereocenters. The first-order chi connectivity index (χ1) is 6.29. The number of nitriles is 1. The van der Waals surface area contributed by atoms with Crippen LogP contribution in [0.3, 0.4) is 0 Å². The summed E-state index contributed by atoms with van der Waals surface area (Å²) in [6.45, 7) is 4.26. The fraction of sp³-hybridized carbons (Fsp3) is 0.900. The van der Waals surface area contributed by atoms with Crippen LogP contribution in [0.25, 0.3) is 0 Å². The first-order valence-electron chi connectivity index (χ1n) is 5.01. The van der Waals surface area contributed by atoms with Gasteiger partial charge in [0.05, 0.1) is 12.7 Å². The van der Waals surface area contributed by atoms with E-state index in [1.54, 1.807) is 0 Å². The highest BCUT2D eigenvalue weighted by atomic mass is 16.3. The number of aliphatic hydroxyl groups excluding tert-OH is 1. The second kappa shape index (κ2) is 5.21. The van der Waals surface area contributed by atoms with E-state index in [9.17, 15) is 5.11 Å². The second-order valence-corrected chi connectivity index (χ2v) is 3.81. The average molecular weight is 182 g/mol. The van der Waals surface area contributed by atoms with Crippen molar-refractivity contribution in [3.8, 4) is 6.07 Å². The van der Waals surface area contributed by atoms with Gasteiger partial charge in [0.2, 0.25) is 0 Å². The first kappa shape index (κ1) is 10.5. The maximum absolute atomic E-state index is 9.21. The van der Waals surface area contributed by atoms with Gasteiger partial charge in [-0.25, -0.2) is 0 Å². The van der Waals surface area contributed by atoms with Gasteiger partial charge in [0, 0.05) is 19.0 Å². The van der Waals surface area contributed by atoms with Gasteiger partial charge in [-0.2, -0.15) is 5.26 Å². The van der Waals surface area contributed by atoms with Crippen molar-refractivity contribution in [3.05, 3.63) is 0 Å². The zero-order valence-corrected chi connectivity index (χ0v) is 8.24. The monoisotopic (exact) mass is 182 g/mol. The first-order valence-corrected chi connectivity index (χ1v) is 5.01. The standard InChI is InChI=1S/C10H18N2O/c1-9-4-2-6-12(7-3-5-11)10(9)8-13/h9-10,13H,2-4,6-8H2,1H3/t9-,10-/m1/s1. The van der Waals surface area contributed by atoms with Crippen molar-refractivity contribution in [2.24, 2.45) is 5.92 Å². The lowest BCUT2D eigenvalue weighted by Crippen LogP contribution is -2.46. The molecule has 1 fully saturated rings. The molecule has 3 nitrogen and oxygen atoms in total. The normalized spacial score (nSPS) is 29.9. The van der Waals surface area contributed by atoms with Crippen molar-refractivity contribution in [1.29, 1.82) is 5.26 Å². The molecule has 0 amide bonds. The molecule has 1 rings (SSSR count). The molecule has 0 aromatic heterocycles. The lowest BCUT2D eigenvalue weighted by molar-refractivity contribution is 0.0547. The summed E-state index contributed by atoms with van der Waals surface area (Å²) in [5.74, 6) is 0.567. The molecule has 1 aliphatic heterocycles. The highest BCUT2D eigenvalue weighted by Gasteiger charge is 2.26. The minimum Gasteiger partial charge on any atom is -0.395 e. The molecule has 3 heteroatoms. The van der Waals surface area contributed by atoms with E-state index in [1.165, 1.54) is 12.8 Å². The molecular formula is C10H18N2O. The van der Waals surface area contributed by atoms with Crippen LogP contribution in [0.5, 0.6) is 0 Å². The third-order valence-electron chi connectivity index (χ3n) is 2.93. The number of piperidine rings is 1. The van der Waals surface area contributed by atoms with E-state index >= 15 is 0 Å². The van der Waals surface area contributed by atoms with Crippen LogP contribution in [0.2, 0.25) is 0 Å². The Morgan fingerprint density at radius 3 is 3.00 bits per heavy atom. The van der Waals surface area contributed by atoms with E-state index < -0.39 is 0 Å². The lowest BCUT2D eigenvalue weighted by atomic mass is 9.91. The summed E-state index contributed by atoms with van der Waals surface area (Å²) in [7, 11) is 0. The van der Waals surface area contributed by atoms with Gasteiger partial charge in [-0.15, -0.1) is 0 Å². The van der Waals surface area contributed by atoms with Crippen LogP contribution < -0.4 is 0 Å². The molecule has 74 valence electrons. The van der Waals surface area contributed by atoms with Crippen LogP contribution in [-0.2, 0) is 0 Å². The molecule has 2 atom stereocenters. The van der Waals surface area contributed by atoms with Gasteiger partial charge in [0.25, 0.3) is 0 Å². The number of hydrogen-bond acceptors (Lipinski definition) is 3. The van der Waals surface area contributed by atoms with Crippen LogP contribution >= 0.6 is 0 Å². The van der Waals surface area contributed by atoms with Gasteiger partial charge in [0.15, 0.2) is 0 Å². The summed E-state index contributed by atoms with van der Waals surface area (Å²) in [4.78, 5) is 2.25. The molecule has 0 aromatic carbocycles. The Morgan fingerprint density at radius 1 is 1.62 bits per heavy atom. The highest BCUT2D eigenvalue weighted by Crippen LogP contribution is 2.22. The molecule has 0 aliphatic carbocycles. The van der Waals surface area contributed by atoms with Crippen LogP contribution in [0.15, 0.2) is 0 Å². The van der Waals surface area contributed by atoms with Gasteiger partial charge in [-0.3, -0.25) is 4.90 Å². The Morgan fingerprint density at radius 2 is 2.38 bits per heavy atom. The average Bonchev–Trinajstić information content (AvgIpc) is 2.15. The van der Waals surface area contributed by atoms with Crippen molar-refractivity contribution in [2.45, 2.75) is 32.2 Å². The molecule has 1 N–H and O–H groups in total. The summed E-state index contributed by atoms with van der Waals surface area (Å²) in [5, 5.41) is 17.7. The van der Waals surface area contributed by atoms with Gasteiger partial charge < -0.3 is 5.11 Å². The summed E-state index contributed by atoms with van der Waals surface area (Å²) in [5.41, 5.74) is 0. The zero-order chi connectivity index (χ0) is 9.68. The molecule has 13 heavy (non-hydrogen) atoms. The molecule has 0 radical (unpaired) electrons. The largest absolute Gasteiger partial charge is 0.395 e. The molecule has 1 saturated heterocycles. The number of rotatable bonds is 3. The Hall–Kier alpha value is -0.590. The van der Waals surface area contributed by atoms with Crippen LogP contribution in [0, 0.1) is 17.2 Å². The van der Waals surface area contributed by atoms with Gasteiger partial charge in [-0.05, 0) is 25.3 Å². The SMILES string of the molecule is C[C@@H]1CCCN(CCC#N)[C@@H]1CO. The maximum atomic E-state index is 9.21. The minimum absolute atomic E-state index is 0.229. The molecule has 0 aromatic rings. The van der Waals surface area contributed by atoms with E-state index in [-0.39, 0.29) is 12.6 Å². The fourth-order valence-corrected chi connectivity index (χ4v) is 2.10. The van der Waals surface area contributed by atoms with E-state index in [0.717, 1.165) is 13.1 Å². The number of nitrogens with zero attached hydrogens (tertiary/aromatic N) is 2. The van der Waals surface area contributed by atoms with E-state index in [4.69, 9.17) is 5.26 Å². The number of likely N-dealkylation sites (tertiary alicyclic amines) is 1. The molecule has 1 aliphatic rings. The van der Waals surface area contributed by atoms with Crippen molar-refractivity contribution in [3.63, 3.8) is 0 Å². The molecule has 0 saturated carbocycles. The number of hydrogen-bond donors (Lipinski definition) is 1. The predicted molar refractivity (Wildman–Crippen MR) is 51.1 cm³/mol. The minimum atomic E-state index is 0.229. The highest BCUT2D eigenvalue weighted by molar-refractivity contribution is 4.83. The van der Waals surface area contributed by atoms with Crippen LogP contribution in [-0.4, -0.2) is 35.7 Å². The van der Waals surface area contributed by atoms with Gasteiger partial charge in [-0.1, -0.05) is 6.92 Å². The van der Waals surface area contributed by atoms with E-state index in [2.05, 4.69) is 17.9 Å². The summed E-state index contributed by atoms with van der Waals surface area (Å²) < 4.78 is 0. The number of aliphatic hydroxyl groups is 1. The van der Waals surface area contributed by atoms with E-state index in [1.807, 2.05) is 0 Å².